The SMILES string of the molecule is CNN(C(=O)OC)c1cc(C)c(C#N)c(C)c1. The summed E-state index contributed by atoms with van der Waals surface area (Å²) >= 11 is 0. The molecular formula is C12H15N3O2. The number of nitriles is 1. The van der Waals surface area contributed by atoms with Gasteiger partial charge in [0.25, 0.3) is 0 Å². The number of nitrogens with one attached hydrogen (secondary N) is 1. The molecule has 0 unspecified atom stereocenters. The lowest BCUT2D eigenvalue weighted by Gasteiger charge is -2.21. The Morgan fingerprint density at radius 2 is 1.94 bits per heavy atom. The van der Waals surface area contributed by atoms with Gasteiger partial charge in [-0.3, -0.25) is 0 Å². The highest BCUT2D eigenvalue weighted by Gasteiger charge is 2.16. The Kier molecular flexibility index (Phi) is 4.07. The molecule has 0 bridgehead atoms. The molecule has 0 fully saturated rings. The van der Waals surface area contributed by atoms with Gasteiger partial charge in [0.15, 0.2) is 0 Å². The number of hydrogen-bond acceptors (Lipinski definition) is 4. The Bertz CT molecular complexity index is 454. The lowest BCUT2D eigenvalue weighted by molar-refractivity contribution is 0.176. The molecule has 0 aliphatic heterocycles. The highest BCUT2D eigenvalue weighted by Crippen LogP contribution is 2.22. The van der Waals surface area contributed by atoms with Crippen molar-refractivity contribution in [1.82, 2.24) is 5.43 Å². The Morgan fingerprint density at radius 3 is 2.29 bits per heavy atom. The lowest BCUT2D eigenvalue weighted by Crippen LogP contribution is -2.40. The van der Waals surface area contributed by atoms with Crippen molar-refractivity contribution in [3.05, 3.63) is 28.8 Å². The number of nitrogens with zero attached hydrogens (tertiary/aromatic N) is 2. The molecule has 90 valence electrons. The maximum absolute atomic E-state index is 11.5. The number of rotatable bonds is 2. The topological polar surface area (TPSA) is 65.4 Å². The maximum Gasteiger partial charge on any atom is 0.428 e. The average Bonchev–Trinajstić information content (AvgIpc) is 2.29. The summed E-state index contributed by atoms with van der Waals surface area (Å²) in [6.07, 6.45) is -0.504. The van der Waals surface area contributed by atoms with Crippen molar-refractivity contribution in [1.29, 1.82) is 5.26 Å². The molecule has 0 aliphatic carbocycles. The number of anilines is 1. The minimum Gasteiger partial charge on any atom is -0.452 e. The molecule has 5 nitrogen and oxygen atoms in total. The van der Waals surface area contributed by atoms with Gasteiger partial charge in [0, 0.05) is 7.05 Å². The minimum absolute atomic E-state index is 0.504. The number of methoxy groups -OCH3 is 1. The van der Waals surface area contributed by atoms with Crippen LogP contribution in [-0.4, -0.2) is 20.3 Å². The van der Waals surface area contributed by atoms with E-state index in [2.05, 4.69) is 16.2 Å². The van der Waals surface area contributed by atoms with E-state index in [0.717, 1.165) is 11.1 Å². The van der Waals surface area contributed by atoms with Crippen LogP contribution in [0.2, 0.25) is 0 Å². The zero-order chi connectivity index (χ0) is 13.0. The first kappa shape index (κ1) is 13.0. The number of hydrogen-bond donors (Lipinski definition) is 1. The summed E-state index contributed by atoms with van der Waals surface area (Å²) in [5.74, 6) is 0. The number of benzene rings is 1. The molecule has 0 saturated carbocycles. The second kappa shape index (κ2) is 5.32. The molecule has 0 heterocycles. The van der Waals surface area contributed by atoms with Crippen LogP contribution in [-0.2, 0) is 4.74 Å². The van der Waals surface area contributed by atoms with Gasteiger partial charge in [-0.15, -0.1) is 0 Å². The summed E-state index contributed by atoms with van der Waals surface area (Å²) in [5, 5.41) is 10.2. The van der Waals surface area contributed by atoms with Gasteiger partial charge in [0.2, 0.25) is 0 Å². The first-order valence-corrected chi connectivity index (χ1v) is 5.12. The Balaban J connectivity index is 3.24. The fourth-order valence-electron chi connectivity index (χ4n) is 1.66. The normalized spacial score (nSPS) is 9.59. The van der Waals surface area contributed by atoms with E-state index in [1.807, 2.05) is 13.8 Å². The molecule has 1 aromatic carbocycles. The van der Waals surface area contributed by atoms with Crippen molar-refractivity contribution >= 4 is 11.8 Å². The van der Waals surface area contributed by atoms with Crippen LogP contribution in [0.5, 0.6) is 0 Å². The van der Waals surface area contributed by atoms with E-state index in [4.69, 9.17) is 5.26 Å². The van der Waals surface area contributed by atoms with Gasteiger partial charge in [0.05, 0.1) is 24.4 Å². The molecule has 0 aliphatic rings. The molecule has 1 amide bonds. The standard InChI is InChI=1S/C12H15N3O2/c1-8-5-10(6-9(2)11(8)7-13)15(14-3)12(16)17-4/h5-6,14H,1-4H3. The van der Waals surface area contributed by atoms with Crippen molar-refractivity contribution in [2.75, 3.05) is 19.2 Å². The fourth-order valence-corrected chi connectivity index (χ4v) is 1.66. The molecule has 1 aromatic rings. The second-order valence-electron chi connectivity index (χ2n) is 3.60. The molecule has 0 radical (unpaired) electrons. The van der Waals surface area contributed by atoms with Crippen LogP contribution in [0.15, 0.2) is 12.1 Å². The number of amides is 1. The fraction of sp³-hybridized carbons (Fsp3) is 0.333. The highest BCUT2D eigenvalue weighted by atomic mass is 16.5. The van der Waals surface area contributed by atoms with Gasteiger partial charge in [0.1, 0.15) is 0 Å². The predicted octanol–water partition coefficient (Wildman–Crippen LogP) is 1.88. The molecular weight excluding hydrogens is 218 g/mol. The van der Waals surface area contributed by atoms with Crippen LogP contribution in [0.25, 0.3) is 0 Å². The average molecular weight is 233 g/mol. The van der Waals surface area contributed by atoms with E-state index in [9.17, 15) is 4.79 Å². The number of hydrazine groups is 1. The Labute approximate surface area is 101 Å². The first-order chi connectivity index (χ1) is 8.04. The van der Waals surface area contributed by atoms with Gasteiger partial charge in [-0.2, -0.15) is 5.26 Å². The summed E-state index contributed by atoms with van der Waals surface area (Å²) in [5.41, 5.74) is 5.67. The summed E-state index contributed by atoms with van der Waals surface area (Å²) in [6, 6.07) is 5.66. The molecule has 0 spiro atoms. The van der Waals surface area contributed by atoms with Crippen molar-refractivity contribution in [2.45, 2.75) is 13.8 Å². The van der Waals surface area contributed by atoms with Gasteiger partial charge in [-0.05, 0) is 37.1 Å². The molecule has 5 heteroatoms. The van der Waals surface area contributed by atoms with Crippen molar-refractivity contribution in [3.63, 3.8) is 0 Å². The van der Waals surface area contributed by atoms with E-state index in [-0.39, 0.29) is 0 Å². The van der Waals surface area contributed by atoms with Crippen LogP contribution < -0.4 is 10.4 Å². The maximum atomic E-state index is 11.5. The van der Waals surface area contributed by atoms with Crippen molar-refractivity contribution in [3.8, 4) is 6.07 Å². The third-order valence-corrected chi connectivity index (χ3v) is 2.47. The monoisotopic (exact) mass is 233 g/mol. The van der Waals surface area contributed by atoms with Crippen LogP contribution in [0.3, 0.4) is 0 Å². The zero-order valence-electron chi connectivity index (χ0n) is 10.4. The number of aryl methyl sites for hydroxylation is 2. The lowest BCUT2D eigenvalue weighted by atomic mass is 10.0. The van der Waals surface area contributed by atoms with E-state index >= 15 is 0 Å². The predicted molar refractivity (Wildman–Crippen MR) is 64.6 cm³/mol. The minimum atomic E-state index is -0.504. The summed E-state index contributed by atoms with van der Waals surface area (Å²) < 4.78 is 4.65. The largest absolute Gasteiger partial charge is 0.452 e. The van der Waals surface area contributed by atoms with Gasteiger partial charge < -0.3 is 4.74 Å². The molecule has 0 aromatic heterocycles. The van der Waals surface area contributed by atoms with Crippen molar-refractivity contribution in [2.24, 2.45) is 0 Å². The number of carbonyl (C=O) groups excluding carboxylic acids is 1. The molecule has 1 N–H and O–H groups in total. The van der Waals surface area contributed by atoms with Crippen LogP contribution in [0, 0.1) is 25.2 Å². The Morgan fingerprint density at radius 1 is 1.41 bits per heavy atom. The summed E-state index contributed by atoms with van der Waals surface area (Å²) in [4.78, 5) is 11.5. The summed E-state index contributed by atoms with van der Waals surface area (Å²) in [7, 11) is 2.94. The van der Waals surface area contributed by atoms with Crippen LogP contribution >= 0.6 is 0 Å². The number of carbonyl (C=O) groups is 1. The number of ether oxygens (including phenoxy) is 1. The third kappa shape index (κ3) is 2.55. The van der Waals surface area contributed by atoms with E-state index in [1.54, 1.807) is 19.2 Å². The smallest absolute Gasteiger partial charge is 0.428 e. The first-order valence-electron chi connectivity index (χ1n) is 5.12. The van der Waals surface area contributed by atoms with Crippen LogP contribution in [0.1, 0.15) is 16.7 Å². The van der Waals surface area contributed by atoms with Gasteiger partial charge >= 0.3 is 6.09 Å². The second-order valence-corrected chi connectivity index (χ2v) is 3.60. The third-order valence-electron chi connectivity index (χ3n) is 2.47. The van der Waals surface area contributed by atoms with Gasteiger partial charge in [-0.1, -0.05) is 0 Å². The summed E-state index contributed by atoms with van der Waals surface area (Å²) in [6.45, 7) is 3.67. The molecule has 0 saturated heterocycles. The van der Waals surface area contributed by atoms with Crippen molar-refractivity contribution < 1.29 is 9.53 Å². The van der Waals surface area contributed by atoms with Crippen LogP contribution in [0.4, 0.5) is 10.5 Å². The molecule has 1 rings (SSSR count). The van der Waals surface area contributed by atoms with E-state index < -0.39 is 6.09 Å². The Hall–Kier alpha value is -2.06. The van der Waals surface area contributed by atoms with Gasteiger partial charge in [-0.25, -0.2) is 15.2 Å². The molecule has 0 atom stereocenters. The van der Waals surface area contributed by atoms with E-state index in [0.29, 0.717) is 11.3 Å². The van der Waals surface area contributed by atoms with E-state index in [1.165, 1.54) is 12.1 Å². The molecule has 17 heavy (non-hydrogen) atoms. The quantitative estimate of drug-likeness (QED) is 0.792. The highest BCUT2D eigenvalue weighted by molar-refractivity contribution is 5.87. The zero-order valence-corrected chi connectivity index (χ0v) is 10.4.